The van der Waals surface area contributed by atoms with Gasteiger partial charge in [-0.25, -0.2) is 0 Å². The molecule has 21 heavy (non-hydrogen) atoms. The van der Waals surface area contributed by atoms with Crippen LogP contribution in [0.3, 0.4) is 0 Å². The number of amides is 1. The second kappa shape index (κ2) is 8.73. The lowest BCUT2D eigenvalue weighted by Crippen LogP contribution is -2.30. The number of nitrogens with zero attached hydrogens (tertiary/aromatic N) is 1. The second-order valence-electron chi connectivity index (χ2n) is 5.85. The molecular formula is C17H25IN2O. The van der Waals surface area contributed by atoms with E-state index in [0.29, 0.717) is 0 Å². The summed E-state index contributed by atoms with van der Waals surface area (Å²) < 4.78 is 1.03. The third kappa shape index (κ3) is 5.58. The molecule has 2 rings (SSSR count). The summed E-state index contributed by atoms with van der Waals surface area (Å²) in [5, 5.41) is 3.04. The first-order valence-electron chi connectivity index (χ1n) is 7.93. The Balaban J connectivity index is 1.71. The fourth-order valence-corrected chi connectivity index (χ4v) is 3.68. The molecule has 1 aromatic carbocycles. The summed E-state index contributed by atoms with van der Waals surface area (Å²) in [7, 11) is 0. The van der Waals surface area contributed by atoms with Gasteiger partial charge in [-0.1, -0.05) is 24.5 Å². The minimum absolute atomic E-state index is 0.0512. The van der Waals surface area contributed by atoms with E-state index in [-0.39, 0.29) is 5.91 Å². The van der Waals surface area contributed by atoms with Crippen LogP contribution in [-0.4, -0.2) is 37.0 Å². The Morgan fingerprint density at radius 2 is 1.95 bits per heavy atom. The van der Waals surface area contributed by atoms with E-state index in [9.17, 15) is 4.79 Å². The van der Waals surface area contributed by atoms with Crippen LogP contribution in [0.5, 0.6) is 0 Å². The van der Waals surface area contributed by atoms with Crippen LogP contribution < -0.4 is 5.32 Å². The Labute approximate surface area is 141 Å². The smallest absolute Gasteiger partial charge is 0.252 e. The van der Waals surface area contributed by atoms with E-state index < -0.39 is 0 Å². The highest BCUT2D eigenvalue weighted by Gasteiger charge is 2.11. The zero-order chi connectivity index (χ0) is 15.1. The number of carbonyl (C=O) groups is 1. The Morgan fingerprint density at radius 3 is 2.62 bits per heavy atom. The molecule has 0 atom stereocenters. The average Bonchev–Trinajstić information content (AvgIpc) is 2.72. The van der Waals surface area contributed by atoms with Gasteiger partial charge in [0.05, 0.1) is 5.56 Å². The lowest BCUT2D eigenvalue weighted by molar-refractivity contribution is 0.0951. The topological polar surface area (TPSA) is 32.3 Å². The van der Waals surface area contributed by atoms with Crippen molar-refractivity contribution in [3.8, 4) is 0 Å². The number of aryl methyl sites for hydroxylation is 1. The molecule has 1 amide bonds. The molecule has 1 aromatic rings. The van der Waals surface area contributed by atoms with E-state index >= 15 is 0 Å². The predicted octanol–water partition coefficient (Wildman–Crippen LogP) is 3.60. The summed E-state index contributed by atoms with van der Waals surface area (Å²) in [4.78, 5) is 14.7. The highest BCUT2D eigenvalue weighted by molar-refractivity contribution is 14.1. The number of hydrogen-bond donors (Lipinski definition) is 1. The largest absolute Gasteiger partial charge is 0.352 e. The maximum Gasteiger partial charge on any atom is 0.252 e. The molecule has 1 saturated heterocycles. The molecule has 0 radical (unpaired) electrons. The second-order valence-corrected chi connectivity index (χ2v) is 7.01. The first-order chi connectivity index (χ1) is 10.2. The van der Waals surface area contributed by atoms with E-state index in [1.165, 1.54) is 44.3 Å². The van der Waals surface area contributed by atoms with Gasteiger partial charge in [0.15, 0.2) is 0 Å². The summed E-state index contributed by atoms with van der Waals surface area (Å²) in [6.07, 6.45) is 6.44. The maximum atomic E-state index is 12.2. The van der Waals surface area contributed by atoms with Gasteiger partial charge in [0.2, 0.25) is 0 Å². The van der Waals surface area contributed by atoms with Gasteiger partial charge in [-0.05, 0) is 80.5 Å². The van der Waals surface area contributed by atoms with Gasteiger partial charge < -0.3 is 10.2 Å². The third-order valence-electron chi connectivity index (χ3n) is 4.00. The molecule has 0 aromatic heterocycles. The van der Waals surface area contributed by atoms with Crippen molar-refractivity contribution in [1.29, 1.82) is 0 Å². The Morgan fingerprint density at radius 1 is 1.24 bits per heavy atom. The van der Waals surface area contributed by atoms with Gasteiger partial charge in [0.25, 0.3) is 5.91 Å². The molecule has 1 aliphatic rings. The van der Waals surface area contributed by atoms with Crippen LogP contribution in [0.4, 0.5) is 0 Å². The molecule has 0 aliphatic carbocycles. The van der Waals surface area contributed by atoms with Crippen molar-refractivity contribution in [2.75, 3.05) is 26.2 Å². The van der Waals surface area contributed by atoms with Gasteiger partial charge in [0.1, 0.15) is 0 Å². The molecule has 0 spiro atoms. The van der Waals surface area contributed by atoms with Crippen molar-refractivity contribution in [3.63, 3.8) is 0 Å². The van der Waals surface area contributed by atoms with E-state index in [1.54, 1.807) is 0 Å². The summed E-state index contributed by atoms with van der Waals surface area (Å²) in [6.45, 7) is 6.36. The van der Waals surface area contributed by atoms with Crippen molar-refractivity contribution < 1.29 is 4.79 Å². The van der Waals surface area contributed by atoms with E-state index in [0.717, 1.165) is 28.6 Å². The molecule has 0 saturated carbocycles. The van der Waals surface area contributed by atoms with E-state index in [1.807, 2.05) is 25.1 Å². The maximum absolute atomic E-state index is 12.2. The van der Waals surface area contributed by atoms with E-state index in [4.69, 9.17) is 0 Å². The van der Waals surface area contributed by atoms with Crippen LogP contribution in [0.1, 0.15) is 48.0 Å². The molecule has 1 aliphatic heterocycles. The average molecular weight is 400 g/mol. The van der Waals surface area contributed by atoms with E-state index in [2.05, 4.69) is 32.8 Å². The van der Waals surface area contributed by atoms with Crippen LogP contribution in [0, 0.1) is 10.5 Å². The Bertz CT molecular complexity index is 468. The minimum Gasteiger partial charge on any atom is -0.352 e. The summed E-state index contributed by atoms with van der Waals surface area (Å²) in [5.41, 5.74) is 1.98. The van der Waals surface area contributed by atoms with Gasteiger partial charge >= 0.3 is 0 Å². The normalized spacial score (nSPS) is 16.5. The van der Waals surface area contributed by atoms with Gasteiger partial charge in [-0.3, -0.25) is 4.79 Å². The molecule has 1 fully saturated rings. The number of rotatable bonds is 5. The number of hydrogen-bond acceptors (Lipinski definition) is 2. The molecule has 0 unspecified atom stereocenters. The number of halogens is 1. The van der Waals surface area contributed by atoms with Crippen molar-refractivity contribution >= 4 is 28.5 Å². The van der Waals surface area contributed by atoms with Gasteiger partial charge in [-0.2, -0.15) is 0 Å². The number of nitrogens with one attached hydrogen (secondary N) is 1. The van der Waals surface area contributed by atoms with Crippen LogP contribution in [0.25, 0.3) is 0 Å². The standard InChI is InChI=1S/C17H25IN2O/c1-14-7-8-15(16(18)13-14)17(21)19-9-6-12-20-10-4-2-3-5-11-20/h7-8,13H,2-6,9-12H2,1H3,(H,19,21). The van der Waals surface area contributed by atoms with Crippen molar-refractivity contribution in [2.24, 2.45) is 0 Å². The van der Waals surface area contributed by atoms with Crippen LogP contribution in [0.15, 0.2) is 18.2 Å². The molecular weight excluding hydrogens is 375 g/mol. The first-order valence-corrected chi connectivity index (χ1v) is 9.01. The SMILES string of the molecule is Cc1ccc(C(=O)NCCCN2CCCCCC2)c(I)c1. The first kappa shape index (κ1) is 16.7. The highest BCUT2D eigenvalue weighted by Crippen LogP contribution is 2.14. The minimum atomic E-state index is 0.0512. The Hall–Kier alpha value is -0.620. The molecule has 0 bridgehead atoms. The number of likely N-dealkylation sites (tertiary alicyclic amines) is 1. The monoisotopic (exact) mass is 400 g/mol. The number of carbonyl (C=O) groups excluding carboxylic acids is 1. The zero-order valence-electron chi connectivity index (χ0n) is 12.8. The fraction of sp³-hybridized carbons (Fsp3) is 0.588. The van der Waals surface area contributed by atoms with Crippen LogP contribution in [-0.2, 0) is 0 Å². The van der Waals surface area contributed by atoms with Crippen LogP contribution in [0.2, 0.25) is 0 Å². The van der Waals surface area contributed by atoms with Crippen LogP contribution >= 0.6 is 22.6 Å². The highest BCUT2D eigenvalue weighted by atomic mass is 127. The molecule has 1 heterocycles. The molecule has 3 nitrogen and oxygen atoms in total. The Kier molecular flexibility index (Phi) is 6.96. The molecule has 1 N–H and O–H groups in total. The molecule has 4 heteroatoms. The van der Waals surface area contributed by atoms with Crippen molar-refractivity contribution in [3.05, 3.63) is 32.9 Å². The predicted molar refractivity (Wildman–Crippen MR) is 95.8 cm³/mol. The lowest BCUT2D eigenvalue weighted by Gasteiger charge is -2.19. The van der Waals surface area contributed by atoms with Crippen molar-refractivity contribution in [2.45, 2.75) is 39.0 Å². The fourth-order valence-electron chi connectivity index (χ4n) is 2.76. The van der Waals surface area contributed by atoms with Gasteiger partial charge in [-0.15, -0.1) is 0 Å². The summed E-state index contributed by atoms with van der Waals surface area (Å²) in [6, 6.07) is 5.96. The van der Waals surface area contributed by atoms with Gasteiger partial charge in [0, 0.05) is 10.1 Å². The van der Waals surface area contributed by atoms with Crippen molar-refractivity contribution in [1.82, 2.24) is 10.2 Å². The number of benzene rings is 1. The summed E-state index contributed by atoms with van der Waals surface area (Å²) in [5.74, 6) is 0.0512. The summed E-state index contributed by atoms with van der Waals surface area (Å²) >= 11 is 2.23. The molecule has 116 valence electrons. The zero-order valence-corrected chi connectivity index (χ0v) is 15.0. The third-order valence-corrected chi connectivity index (χ3v) is 4.90. The quantitative estimate of drug-likeness (QED) is 0.605. The lowest BCUT2D eigenvalue weighted by atomic mass is 10.1.